The molecule has 20 heavy (non-hydrogen) atoms. The molecule has 2 fully saturated rings. The molecule has 0 aliphatic carbocycles. The van der Waals surface area contributed by atoms with Crippen molar-refractivity contribution in [2.24, 2.45) is 5.92 Å². The summed E-state index contributed by atoms with van der Waals surface area (Å²) in [6.45, 7) is 1.29. The van der Waals surface area contributed by atoms with Crippen LogP contribution in [0.15, 0.2) is 18.2 Å². The molecule has 2 unspecified atom stereocenters. The van der Waals surface area contributed by atoms with E-state index in [1.165, 1.54) is 6.07 Å². The quantitative estimate of drug-likeness (QED) is 0.919. The molecule has 2 aliphatic rings. The molecular weight excluding hydrogens is 264 g/mol. The Bertz CT molecular complexity index is 509. The maximum Gasteiger partial charge on any atom is 0.159 e. The second-order valence-electron chi connectivity index (χ2n) is 5.66. The molecule has 1 N–H and O–H groups in total. The lowest BCUT2D eigenvalue weighted by Crippen LogP contribution is -2.55. The number of carbonyl (C=O) groups is 1. The number of ketones is 1. The third kappa shape index (κ3) is 2.88. The Balaban J connectivity index is 1.65. The van der Waals surface area contributed by atoms with Gasteiger partial charge in [-0.2, -0.15) is 0 Å². The van der Waals surface area contributed by atoms with Gasteiger partial charge in [0.05, 0.1) is 13.2 Å². The van der Waals surface area contributed by atoms with E-state index in [2.05, 4.69) is 5.32 Å². The lowest BCUT2D eigenvalue weighted by atomic mass is 9.82. The second kappa shape index (κ2) is 5.58. The third-order valence-electron chi connectivity index (χ3n) is 4.07. The average Bonchev–Trinajstić information content (AvgIpc) is 2.42. The maximum absolute atomic E-state index is 13.1. The van der Waals surface area contributed by atoms with E-state index >= 15 is 0 Å². The van der Waals surface area contributed by atoms with Crippen LogP contribution in [0.25, 0.3) is 0 Å². The van der Waals surface area contributed by atoms with Crippen LogP contribution in [0, 0.1) is 17.6 Å². The number of rotatable bonds is 3. The first-order valence-electron chi connectivity index (χ1n) is 6.92. The number of hydrogen-bond acceptors (Lipinski definition) is 3. The molecule has 0 saturated carbocycles. The maximum atomic E-state index is 13.1. The molecule has 0 radical (unpaired) electrons. The summed E-state index contributed by atoms with van der Waals surface area (Å²) in [5.41, 5.74) is 0.536. The molecule has 3 nitrogen and oxygen atoms in total. The molecule has 1 aromatic carbocycles. The fourth-order valence-corrected chi connectivity index (χ4v) is 3.10. The van der Waals surface area contributed by atoms with E-state index in [0.29, 0.717) is 18.8 Å². The van der Waals surface area contributed by atoms with Crippen LogP contribution in [-0.4, -0.2) is 31.1 Å². The number of piperidine rings is 1. The average molecular weight is 281 g/mol. The highest BCUT2D eigenvalue weighted by Crippen LogP contribution is 2.26. The molecule has 0 spiro atoms. The first-order valence-corrected chi connectivity index (χ1v) is 6.92. The Kier molecular flexibility index (Phi) is 3.81. The van der Waals surface area contributed by atoms with Crippen molar-refractivity contribution in [2.45, 2.75) is 31.3 Å². The van der Waals surface area contributed by atoms with Crippen LogP contribution in [0.4, 0.5) is 8.78 Å². The number of morpholine rings is 1. The Morgan fingerprint density at radius 2 is 1.90 bits per heavy atom. The van der Waals surface area contributed by atoms with Gasteiger partial charge in [-0.3, -0.25) is 4.79 Å². The highest BCUT2D eigenvalue weighted by atomic mass is 19.2. The van der Waals surface area contributed by atoms with Gasteiger partial charge < -0.3 is 10.1 Å². The van der Waals surface area contributed by atoms with Crippen LogP contribution in [0.2, 0.25) is 0 Å². The molecule has 3 rings (SSSR count). The van der Waals surface area contributed by atoms with Crippen molar-refractivity contribution in [2.75, 3.05) is 13.2 Å². The fourth-order valence-electron chi connectivity index (χ4n) is 3.10. The van der Waals surface area contributed by atoms with Crippen LogP contribution in [0.5, 0.6) is 0 Å². The van der Waals surface area contributed by atoms with Crippen LogP contribution >= 0.6 is 0 Å². The molecule has 2 bridgehead atoms. The molecule has 108 valence electrons. The van der Waals surface area contributed by atoms with E-state index in [9.17, 15) is 13.6 Å². The summed E-state index contributed by atoms with van der Waals surface area (Å²) in [5, 5.41) is 3.43. The van der Waals surface area contributed by atoms with Gasteiger partial charge in [-0.15, -0.1) is 0 Å². The highest BCUT2D eigenvalue weighted by Gasteiger charge is 2.34. The minimum absolute atomic E-state index is 0.0109. The summed E-state index contributed by atoms with van der Waals surface area (Å²) in [6, 6.07) is 4.13. The molecule has 0 amide bonds. The lowest BCUT2D eigenvalue weighted by Gasteiger charge is -2.39. The molecular formula is C15H17F2NO2. The predicted octanol–water partition coefficient (Wildman–Crippen LogP) is 1.84. The number of nitrogens with one attached hydrogen (secondary N) is 1. The minimum Gasteiger partial charge on any atom is -0.378 e. The fraction of sp³-hybridized carbons (Fsp3) is 0.533. The number of Topliss-reactive ketones (excluding diaryl/α,β-unsaturated/α-hetero) is 1. The summed E-state index contributed by atoms with van der Waals surface area (Å²) in [6.07, 6.45) is 1.69. The number of benzene rings is 1. The predicted molar refractivity (Wildman–Crippen MR) is 69.3 cm³/mol. The normalized spacial score (nSPS) is 29.2. The standard InChI is InChI=1S/C15H17F2NO2/c16-13-2-1-9(3-14(13)17)4-15(19)10-5-11-7-20-8-12(6-10)18-11/h1-3,10-12,18H,4-8H2. The van der Waals surface area contributed by atoms with Crippen LogP contribution in [0.3, 0.4) is 0 Å². The van der Waals surface area contributed by atoms with Gasteiger partial charge in [0.25, 0.3) is 0 Å². The van der Waals surface area contributed by atoms with Crippen molar-refractivity contribution < 1.29 is 18.3 Å². The lowest BCUT2D eigenvalue weighted by molar-refractivity contribution is -0.125. The van der Waals surface area contributed by atoms with Gasteiger partial charge in [0.15, 0.2) is 11.6 Å². The summed E-state index contributed by atoms with van der Waals surface area (Å²) in [4.78, 5) is 12.3. The highest BCUT2D eigenvalue weighted by molar-refractivity contribution is 5.83. The number of fused-ring (bicyclic) bond motifs is 2. The van der Waals surface area contributed by atoms with Gasteiger partial charge >= 0.3 is 0 Å². The van der Waals surface area contributed by atoms with Crippen LogP contribution < -0.4 is 5.32 Å². The zero-order valence-corrected chi connectivity index (χ0v) is 11.1. The van der Waals surface area contributed by atoms with Crippen molar-refractivity contribution in [3.8, 4) is 0 Å². The largest absolute Gasteiger partial charge is 0.378 e. The van der Waals surface area contributed by atoms with Gasteiger partial charge in [0, 0.05) is 24.4 Å². The number of carbonyl (C=O) groups excluding carboxylic acids is 1. The summed E-state index contributed by atoms with van der Waals surface area (Å²) in [5.74, 6) is -1.68. The topological polar surface area (TPSA) is 38.3 Å². The molecule has 2 saturated heterocycles. The molecule has 1 aromatic rings. The van der Waals surface area contributed by atoms with Gasteiger partial charge in [-0.25, -0.2) is 8.78 Å². The molecule has 0 aromatic heterocycles. The Hall–Kier alpha value is -1.33. The van der Waals surface area contributed by atoms with E-state index in [1.807, 2.05) is 0 Å². The zero-order chi connectivity index (χ0) is 14.1. The van der Waals surface area contributed by atoms with E-state index in [-0.39, 0.29) is 30.2 Å². The molecule has 5 heteroatoms. The van der Waals surface area contributed by atoms with Crippen molar-refractivity contribution in [3.63, 3.8) is 0 Å². The van der Waals surface area contributed by atoms with E-state index in [4.69, 9.17) is 4.74 Å². The summed E-state index contributed by atoms with van der Waals surface area (Å²) >= 11 is 0. The summed E-state index contributed by atoms with van der Waals surface area (Å²) in [7, 11) is 0. The number of ether oxygens (including phenoxy) is 1. The van der Waals surface area contributed by atoms with E-state index in [0.717, 1.165) is 25.0 Å². The minimum atomic E-state index is -0.897. The van der Waals surface area contributed by atoms with Gasteiger partial charge in [0.1, 0.15) is 5.78 Å². The SMILES string of the molecule is O=C(Cc1ccc(F)c(F)c1)C1CC2COCC(C1)N2. The molecule has 2 aliphatic heterocycles. The number of halogens is 2. The van der Waals surface area contributed by atoms with Gasteiger partial charge in [-0.05, 0) is 30.5 Å². The Morgan fingerprint density at radius 3 is 2.55 bits per heavy atom. The van der Waals surface area contributed by atoms with Crippen molar-refractivity contribution in [3.05, 3.63) is 35.4 Å². The smallest absolute Gasteiger partial charge is 0.159 e. The van der Waals surface area contributed by atoms with Crippen LogP contribution in [0.1, 0.15) is 18.4 Å². The van der Waals surface area contributed by atoms with Crippen molar-refractivity contribution in [1.29, 1.82) is 0 Å². The van der Waals surface area contributed by atoms with Crippen LogP contribution in [-0.2, 0) is 16.0 Å². The molecule has 2 atom stereocenters. The number of hydrogen-bond donors (Lipinski definition) is 1. The van der Waals surface area contributed by atoms with Gasteiger partial charge in [0.2, 0.25) is 0 Å². The first-order chi connectivity index (χ1) is 9.61. The second-order valence-corrected chi connectivity index (χ2v) is 5.66. The Morgan fingerprint density at radius 1 is 1.20 bits per heavy atom. The van der Waals surface area contributed by atoms with Crippen molar-refractivity contribution in [1.82, 2.24) is 5.32 Å². The van der Waals surface area contributed by atoms with Crippen molar-refractivity contribution >= 4 is 5.78 Å². The third-order valence-corrected chi connectivity index (χ3v) is 4.07. The van der Waals surface area contributed by atoms with E-state index < -0.39 is 11.6 Å². The first kappa shape index (κ1) is 13.6. The Labute approximate surface area is 116 Å². The monoisotopic (exact) mass is 281 g/mol. The zero-order valence-electron chi connectivity index (χ0n) is 11.1. The van der Waals surface area contributed by atoms with Gasteiger partial charge in [-0.1, -0.05) is 6.07 Å². The molecule has 2 heterocycles. The van der Waals surface area contributed by atoms with E-state index in [1.54, 1.807) is 0 Å². The summed E-state index contributed by atoms with van der Waals surface area (Å²) < 4.78 is 31.5.